The molecule has 0 saturated carbocycles. The van der Waals surface area contributed by atoms with Gasteiger partial charge in [0.25, 0.3) is 0 Å². The van der Waals surface area contributed by atoms with Gasteiger partial charge in [-0.05, 0) is 6.08 Å². The van der Waals surface area contributed by atoms with Crippen molar-refractivity contribution in [3.8, 4) is 0 Å². The lowest BCUT2D eigenvalue weighted by Gasteiger charge is -1.99. The van der Waals surface area contributed by atoms with Crippen LogP contribution in [-0.4, -0.2) is 31.2 Å². The fraction of sp³-hybridized carbons (Fsp3) is 0.667. The number of aliphatic hydroxyl groups excluding tert-OH is 1. The van der Waals surface area contributed by atoms with Gasteiger partial charge in [0.15, 0.2) is 6.29 Å². The predicted molar refractivity (Wildman–Crippen MR) is 31.9 cm³/mol. The second-order valence-electron chi connectivity index (χ2n) is 1.72. The Labute approximate surface area is 53.9 Å². The predicted octanol–water partition coefficient (Wildman–Crippen LogP) is -0.0922. The minimum absolute atomic E-state index is 0.0449. The zero-order valence-electron chi connectivity index (χ0n) is 5.12. The average Bonchev–Trinajstić information content (AvgIpc) is 2.34. The zero-order valence-corrected chi connectivity index (χ0v) is 5.12. The van der Waals surface area contributed by atoms with E-state index in [0.717, 1.165) is 0 Å². The van der Waals surface area contributed by atoms with Crippen molar-refractivity contribution in [2.75, 3.05) is 19.8 Å². The Bertz CT molecular complexity index is 94.5. The summed E-state index contributed by atoms with van der Waals surface area (Å²) in [6.07, 6.45) is 3.08. The van der Waals surface area contributed by atoms with Gasteiger partial charge in [0.1, 0.15) is 0 Å². The smallest absolute Gasteiger partial charge is 0.177 e. The van der Waals surface area contributed by atoms with Gasteiger partial charge in [-0.25, -0.2) is 0 Å². The number of ether oxygens (including phenoxy) is 2. The van der Waals surface area contributed by atoms with Crippen molar-refractivity contribution in [3.05, 3.63) is 12.2 Å². The van der Waals surface area contributed by atoms with E-state index in [2.05, 4.69) is 0 Å². The standard InChI is InChI=1S/C6H10O3/c7-3-1-2-6-8-4-5-9-6/h1-2,6-7H,3-5H2. The van der Waals surface area contributed by atoms with Gasteiger partial charge in [0.2, 0.25) is 0 Å². The van der Waals surface area contributed by atoms with E-state index in [1.165, 1.54) is 0 Å². The van der Waals surface area contributed by atoms with Crippen LogP contribution in [0.15, 0.2) is 12.2 Å². The molecular weight excluding hydrogens is 120 g/mol. The average molecular weight is 130 g/mol. The third kappa shape index (κ3) is 2.13. The summed E-state index contributed by atoms with van der Waals surface area (Å²) in [6, 6.07) is 0. The van der Waals surface area contributed by atoms with Crippen LogP contribution in [0.2, 0.25) is 0 Å². The Kier molecular flexibility index (Phi) is 2.70. The van der Waals surface area contributed by atoms with E-state index >= 15 is 0 Å². The summed E-state index contributed by atoms with van der Waals surface area (Å²) in [5.74, 6) is 0. The van der Waals surface area contributed by atoms with Crippen LogP contribution < -0.4 is 0 Å². The third-order valence-corrected chi connectivity index (χ3v) is 1.05. The normalized spacial score (nSPS) is 21.9. The van der Waals surface area contributed by atoms with Gasteiger partial charge in [-0.1, -0.05) is 6.08 Å². The zero-order chi connectivity index (χ0) is 6.53. The molecule has 1 aliphatic rings. The fourth-order valence-corrected chi connectivity index (χ4v) is 0.660. The Morgan fingerprint density at radius 1 is 1.44 bits per heavy atom. The Balaban J connectivity index is 2.18. The van der Waals surface area contributed by atoms with E-state index in [9.17, 15) is 0 Å². The van der Waals surface area contributed by atoms with Crippen LogP contribution in [0.5, 0.6) is 0 Å². The lowest BCUT2D eigenvalue weighted by Crippen LogP contribution is -2.01. The van der Waals surface area contributed by atoms with E-state index in [-0.39, 0.29) is 12.9 Å². The second kappa shape index (κ2) is 3.61. The van der Waals surface area contributed by atoms with Gasteiger partial charge in [0, 0.05) is 0 Å². The highest BCUT2D eigenvalue weighted by molar-refractivity contribution is 4.85. The molecule has 1 rings (SSSR count). The first kappa shape index (κ1) is 6.74. The maximum Gasteiger partial charge on any atom is 0.177 e. The molecule has 1 saturated heterocycles. The van der Waals surface area contributed by atoms with Gasteiger partial charge in [-0.15, -0.1) is 0 Å². The van der Waals surface area contributed by atoms with Crippen LogP contribution >= 0.6 is 0 Å². The molecule has 3 nitrogen and oxygen atoms in total. The SMILES string of the molecule is OCC=CC1OCCO1. The molecule has 0 radical (unpaired) electrons. The fourth-order valence-electron chi connectivity index (χ4n) is 0.660. The summed E-state index contributed by atoms with van der Waals surface area (Å²) in [4.78, 5) is 0. The highest BCUT2D eigenvalue weighted by Crippen LogP contribution is 2.03. The Morgan fingerprint density at radius 3 is 2.67 bits per heavy atom. The summed E-state index contributed by atoms with van der Waals surface area (Å²) in [6.45, 7) is 1.35. The van der Waals surface area contributed by atoms with E-state index in [1.54, 1.807) is 12.2 Å². The highest BCUT2D eigenvalue weighted by Gasteiger charge is 2.10. The summed E-state index contributed by atoms with van der Waals surface area (Å²) in [5, 5.41) is 8.33. The van der Waals surface area contributed by atoms with E-state index in [4.69, 9.17) is 14.6 Å². The number of hydrogen-bond donors (Lipinski definition) is 1. The highest BCUT2D eigenvalue weighted by atomic mass is 16.7. The largest absolute Gasteiger partial charge is 0.392 e. The molecule has 1 heterocycles. The molecule has 1 N–H and O–H groups in total. The molecule has 0 bridgehead atoms. The van der Waals surface area contributed by atoms with Gasteiger partial charge in [-0.2, -0.15) is 0 Å². The minimum atomic E-state index is -0.225. The van der Waals surface area contributed by atoms with Crippen molar-refractivity contribution in [2.45, 2.75) is 6.29 Å². The lowest BCUT2D eigenvalue weighted by molar-refractivity contribution is -0.00193. The first-order chi connectivity index (χ1) is 4.43. The summed E-state index contributed by atoms with van der Waals surface area (Å²) >= 11 is 0. The number of rotatable bonds is 2. The van der Waals surface area contributed by atoms with Crippen molar-refractivity contribution in [2.24, 2.45) is 0 Å². The van der Waals surface area contributed by atoms with Crippen LogP contribution in [0, 0.1) is 0 Å². The molecule has 0 spiro atoms. The third-order valence-electron chi connectivity index (χ3n) is 1.05. The number of aliphatic hydroxyl groups is 1. The molecule has 0 atom stereocenters. The molecule has 0 aromatic carbocycles. The van der Waals surface area contributed by atoms with Gasteiger partial charge < -0.3 is 14.6 Å². The molecule has 1 aliphatic heterocycles. The van der Waals surface area contributed by atoms with Crippen molar-refractivity contribution in [1.82, 2.24) is 0 Å². The van der Waals surface area contributed by atoms with Crippen molar-refractivity contribution in [1.29, 1.82) is 0 Å². The first-order valence-electron chi connectivity index (χ1n) is 2.94. The quantitative estimate of drug-likeness (QED) is 0.531. The van der Waals surface area contributed by atoms with Crippen molar-refractivity contribution >= 4 is 0 Å². The monoisotopic (exact) mass is 130 g/mol. The van der Waals surface area contributed by atoms with Crippen molar-refractivity contribution in [3.63, 3.8) is 0 Å². The van der Waals surface area contributed by atoms with Crippen LogP contribution in [-0.2, 0) is 9.47 Å². The molecule has 9 heavy (non-hydrogen) atoms. The first-order valence-corrected chi connectivity index (χ1v) is 2.94. The van der Waals surface area contributed by atoms with Crippen LogP contribution in [0.25, 0.3) is 0 Å². The molecule has 52 valence electrons. The summed E-state index contributed by atoms with van der Waals surface area (Å²) in [7, 11) is 0. The molecule has 0 aromatic heterocycles. The summed E-state index contributed by atoms with van der Waals surface area (Å²) in [5.41, 5.74) is 0. The van der Waals surface area contributed by atoms with Crippen LogP contribution in [0.1, 0.15) is 0 Å². The molecular formula is C6H10O3. The topological polar surface area (TPSA) is 38.7 Å². The molecule has 1 fully saturated rings. The van der Waals surface area contributed by atoms with E-state index in [0.29, 0.717) is 13.2 Å². The number of hydrogen-bond acceptors (Lipinski definition) is 3. The van der Waals surface area contributed by atoms with Gasteiger partial charge in [0.05, 0.1) is 19.8 Å². The van der Waals surface area contributed by atoms with E-state index < -0.39 is 0 Å². The van der Waals surface area contributed by atoms with Gasteiger partial charge in [-0.3, -0.25) is 0 Å². The van der Waals surface area contributed by atoms with Crippen LogP contribution in [0.3, 0.4) is 0 Å². The molecule has 0 aliphatic carbocycles. The summed E-state index contributed by atoms with van der Waals surface area (Å²) < 4.78 is 10.1. The van der Waals surface area contributed by atoms with E-state index in [1.807, 2.05) is 0 Å². The van der Waals surface area contributed by atoms with Crippen LogP contribution in [0.4, 0.5) is 0 Å². The maximum absolute atomic E-state index is 8.33. The maximum atomic E-state index is 8.33. The lowest BCUT2D eigenvalue weighted by atomic mass is 10.5. The molecule has 0 amide bonds. The molecule has 0 aromatic rings. The van der Waals surface area contributed by atoms with Crippen molar-refractivity contribution < 1.29 is 14.6 Å². The molecule has 0 unspecified atom stereocenters. The molecule has 3 heteroatoms. The minimum Gasteiger partial charge on any atom is -0.392 e. The van der Waals surface area contributed by atoms with Gasteiger partial charge >= 0.3 is 0 Å². The Morgan fingerprint density at radius 2 is 2.11 bits per heavy atom. The Hall–Kier alpha value is -0.380. The second-order valence-corrected chi connectivity index (χ2v) is 1.72.